The van der Waals surface area contributed by atoms with Gasteiger partial charge in [-0.3, -0.25) is 9.69 Å². The topological polar surface area (TPSA) is 55.8 Å². The summed E-state index contributed by atoms with van der Waals surface area (Å²) in [5, 5.41) is 12.4. The number of thioether (sulfide) groups is 1. The zero-order chi connectivity index (χ0) is 17.6. The molecule has 1 heterocycles. The summed E-state index contributed by atoms with van der Waals surface area (Å²) >= 11 is 1.66. The number of phenolic OH excluding ortho intramolecular Hbond substituents is 1. The second kappa shape index (κ2) is 8.27. The normalized spacial score (nSPS) is 15.2. The number of nitrogens with zero attached hydrogens (tertiary/aromatic N) is 2. The maximum Gasteiger partial charge on any atom is 0.238 e. The molecule has 0 spiro atoms. The summed E-state index contributed by atoms with van der Waals surface area (Å²) < 4.78 is 0. The van der Waals surface area contributed by atoms with Crippen molar-refractivity contribution in [1.82, 2.24) is 4.90 Å². The summed E-state index contributed by atoms with van der Waals surface area (Å²) in [4.78, 5) is 17.9. The Morgan fingerprint density at radius 3 is 2.52 bits per heavy atom. The van der Waals surface area contributed by atoms with Gasteiger partial charge in [0.2, 0.25) is 5.91 Å². The van der Waals surface area contributed by atoms with E-state index in [1.807, 2.05) is 42.7 Å². The monoisotopic (exact) mass is 357 g/mol. The number of phenols is 1. The molecule has 2 N–H and O–H groups in total. The summed E-state index contributed by atoms with van der Waals surface area (Å²) in [6.45, 7) is 3.85. The molecule has 1 saturated heterocycles. The van der Waals surface area contributed by atoms with Gasteiger partial charge in [-0.2, -0.15) is 0 Å². The lowest BCUT2D eigenvalue weighted by molar-refractivity contribution is -0.117. The molecule has 0 aliphatic carbocycles. The quantitative estimate of drug-likeness (QED) is 0.806. The van der Waals surface area contributed by atoms with E-state index in [1.165, 1.54) is 0 Å². The number of aromatic hydroxyl groups is 1. The molecule has 0 radical (unpaired) electrons. The second-order valence-electron chi connectivity index (χ2n) is 6.06. The molecule has 1 fully saturated rings. The van der Waals surface area contributed by atoms with Crippen molar-refractivity contribution < 1.29 is 9.90 Å². The number of hydrogen-bond donors (Lipinski definition) is 2. The van der Waals surface area contributed by atoms with E-state index in [0.29, 0.717) is 6.54 Å². The third-order valence-corrected chi connectivity index (χ3v) is 5.03. The molecule has 25 heavy (non-hydrogen) atoms. The Balaban J connectivity index is 1.48. The standard InChI is InChI=1S/C19H23N3O2S/c1-25-18-4-2-3-15(13-18)20-19(24)14-21-9-11-22(12-10-21)16-5-7-17(23)8-6-16/h2-8,13,23H,9-12,14H2,1H3,(H,20,24). The fourth-order valence-electron chi connectivity index (χ4n) is 2.93. The van der Waals surface area contributed by atoms with Crippen LogP contribution in [0.25, 0.3) is 0 Å². The maximum absolute atomic E-state index is 12.3. The Hall–Kier alpha value is -2.18. The molecule has 5 nitrogen and oxygen atoms in total. The van der Waals surface area contributed by atoms with Crippen LogP contribution in [-0.4, -0.2) is 54.9 Å². The van der Waals surface area contributed by atoms with Gasteiger partial charge in [0.25, 0.3) is 0 Å². The van der Waals surface area contributed by atoms with Gasteiger partial charge in [-0.05, 0) is 48.7 Å². The minimum Gasteiger partial charge on any atom is -0.508 e. The summed E-state index contributed by atoms with van der Waals surface area (Å²) in [5.41, 5.74) is 1.95. The maximum atomic E-state index is 12.3. The number of nitrogens with one attached hydrogen (secondary N) is 1. The highest BCUT2D eigenvalue weighted by Gasteiger charge is 2.19. The number of hydrogen-bond acceptors (Lipinski definition) is 5. The van der Waals surface area contributed by atoms with Crippen molar-refractivity contribution in [3.63, 3.8) is 0 Å². The predicted octanol–water partition coefficient (Wildman–Crippen LogP) is 2.87. The van der Waals surface area contributed by atoms with E-state index in [4.69, 9.17) is 0 Å². The van der Waals surface area contributed by atoms with Gasteiger partial charge in [-0.1, -0.05) is 6.07 Å². The molecule has 0 saturated carbocycles. The Bertz CT molecular complexity index is 713. The molecule has 2 aromatic carbocycles. The fraction of sp³-hybridized carbons (Fsp3) is 0.316. The van der Waals surface area contributed by atoms with Crippen LogP contribution >= 0.6 is 11.8 Å². The van der Waals surface area contributed by atoms with Crippen molar-refractivity contribution in [2.45, 2.75) is 4.90 Å². The molecule has 6 heteroatoms. The van der Waals surface area contributed by atoms with E-state index >= 15 is 0 Å². The number of amides is 1. The highest BCUT2D eigenvalue weighted by atomic mass is 32.2. The van der Waals surface area contributed by atoms with Gasteiger partial charge in [0.05, 0.1) is 6.54 Å². The number of anilines is 2. The molecule has 132 valence electrons. The summed E-state index contributed by atoms with van der Waals surface area (Å²) in [5.74, 6) is 0.306. The Labute approximate surface area is 152 Å². The minimum absolute atomic E-state index is 0.0244. The highest BCUT2D eigenvalue weighted by molar-refractivity contribution is 7.98. The predicted molar refractivity (Wildman–Crippen MR) is 104 cm³/mol. The first-order chi connectivity index (χ1) is 12.1. The van der Waals surface area contributed by atoms with E-state index in [1.54, 1.807) is 23.9 Å². The molecule has 0 atom stereocenters. The lowest BCUT2D eigenvalue weighted by atomic mass is 10.2. The number of rotatable bonds is 5. The number of carbonyl (C=O) groups is 1. The van der Waals surface area contributed by atoms with Gasteiger partial charge < -0.3 is 15.3 Å². The third-order valence-electron chi connectivity index (χ3n) is 4.31. The summed E-state index contributed by atoms with van der Waals surface area (Å²) in [7, 11) is 0. The zero-order valence-electron chi connectivity index (χ0n) is 14.3. The molecule has 2 aromatic rings. The van der Waals surface area contributed by atoms with E-state index in [0.717, 1.165) is 42.4 Å². The van der Waals surface area contributed by atoms with Gasteiger partial charge in [0.1, 0.15) is 5.75 Å². The van der Waals surface area contributed by atoms with Crippen molar-refractivity contribution in [2.24, 2.45) is 0 Å². The fourth-order valence-corrected chi connectivity index (χ4v) is 3.39. The van der Waals surface area contributed by atoms with E-state index in [-0.39, 0.29) is 11.7 Å². The summed E-state index contributed by atoms with van der Waals surface area (Å²) in [6.07, 6.45) is 2.02. The van der Waals surface area contributed by atoms with Crippen molar-refractivity contribution in [3.8, 4) is 5.75 Å². The smallest absolute Gasteiger partial charge is 0.238 e. The largest absolute Gasteiger partial charge is 0.508 e. The van der Waals surface area contributed by atoms with Crippen molar-refractivity contribution in [2.75, 3.05) is 49.2 Å². The molecular weight excluding hydrogens is 334 g/mol. The van der Waals surface area contributed by atoms with Gasteiger partial charge in [-0.25, -0.2) is 0 Å². The summed E-state index contributed by atoms with van der Waals surface area (Å²) in [6, 6.07) is 15.2. The van der Waals surface area contributed by atoms with Crippen LogP contribution in [0, 0.1) is 0 Å². The molecular formula is C19H23N3O2S. The van der Waals surface area contributed by atoms with Crippen LogP contribution in [-0.2, 0) is 4.79 Å². The molecule has 3 rings (SSSR count). The van der Waals surface area contributed by atoms with Crippen LogP contribution in [0.2, 0.25) is 0 Å². The van der Waals surface area contributed by atoms with Gasteiger partial charge >= 0.3 is 0 Å². The number of carbonyl (C=O) groups excluding carboxylic acids is 1. The number of piperazine rings is 1. The van der Waals surface area contributed by atoms with Gasteiger partial charge in [0, 0.05) is 42.4 Å². The molecule has 0 aromatic heterocycles. The average Bonchev–Trinajstić information content (AvgIpc) is 2.63. The van der Waals surface area contributed by atoms with Crippen molar-refractivity contribution in [3.05, 3.63) is 48.5 Å². The average molecular weight is 357 g/mol. The molecule has 1 aliphatic heterocycles. The van der Waals surface area contributed by atoms with Crippen LogP contribution in [0.3, 0.4) is 0 Å². The lowest BCUT2D eigenvalue weighted by Crippen LogP contribution is -2.48. The SMILES string of the molecule is CSc1cccc(NC(=O)CN2CCN(c3ccc(O)cc3)CC2)c1. The molecule has 0 bridgehead atoms. The van der Waals surface area contributed by atoms with Crippen molar-refractivity contribution >= 4 is 29.0 Å². The first-order valence-corrected chi connectivity index (χ1v) is 9.57. The van der Waals surface area contributed by atoms with Crippen molar-refractivity contribution in [1.29, 1.82) is 0 Å². The van der Waals surface area contributed by atoms with Gasteiger partial charge in [-0.15, -0.1) is 11.8 Å². The Morgan fingerprint density at radius 2 is 1.84 bits per heavy atom. The van der Waals surface area contributed by atoms with Crippen LogP contribution in [0.1, 0.15) is 0 Å². The third kappa shape index (κ3) is 4.90. The molecule has 0 unspecified atom stereocenters. The Kier molecular flexibility index (Phi) is 5.83. The van der Waals surface area contributed by atoms with E-state index < -0.39 is 0 Å². The van der Waals surface area contributed by atoms with Gasteiger partial charge in [0.15, 0.2) is 0 Å². The highest BCUT2D eigenvalue weighted by Crippen LogP contribution is 2.20. The van der Waals surface area contributed by atoms with Crippen LogP contribution < -0.4 is 10.2 Å². The van der Waals surface area contributed by atoms with E-state index in [2.05, 4.69) is 15.1 Å². The zero-order valence-corrected chi connectivity index (χ0v) is 15.1. The minimum atomic E-state index is 0.0244. The number of benzene rings is 2. The molecule has 1 aliphatic rings. The van der Waals surface area contributed by atoms with Crippen LogP contribution in [0.5, 0.6) is 5.75 Å². The first-order valence-electron chi connectivity index (χ1n) is 8.34. The molecule has 1 amide bonds. The van der Waals surface area contributed by atoms with Crippen LogP contribution in [0.15, 0.2) is 53.4 Å². The first kappa shape index (κ1) is 17.6. The Morgan fingerprint density at radius 1 is 1.12 bits per heavy atom. The van der Waals surface area contributed by atoms with Crippen LogP contribution in [0.4, 0.5) is 11.4 Å². The van der Waals surface area contributed by atoms with E-state index in [9.17, 15) is 9.90 Å². The second-order valence-corrected chi connectivity index (χ2v) is 6.94. The lowest BCUT2D eigenvalue weighted by Gasteiger charge is -2.35.